The molecule has 0 unspecified atom stereocenters. The van der Waals surface area contributed by atoms with Gasteiger partial charge in [0, 0.05) is 24.2 Å². The van der Waals surface area contributed by atoms with Gasteiger partial charge in [-0.15, -0.1) is 0 Å². The van der Waals surface area contributed by atoms with Gasteiger partial charge in [-0.05, 0) is 37.3 Å². The standard InChI is InChI=1S/C21H22N4O6S/c1-14(31-21(27)19-17-4-2-3-5-18(17)23-24-19)20(26)22-15-6-8-16(9-7-15)32(28,29)25-10-12-30-13-11-25/h2-9,14H,10-13H2,1H3,(H,22,26)(H,23,24)/t14-/m1/s1. The van der Waals surface area contributed by atoms with Crippen molar-refractivity contribution in [1.82, 2.24) is 14.5 Å². The molecule has 1 aliphatic rings. The molecule has 0 bridgehead atoms. The maximum absolute atomic E-state index is 12.7. The molecule has 0 aliphatic carbocycles. The Morgan fingerprint density at radius 1 is 1.12 bits per heavy atom. The lowest BCUT2D eigenvalue weighted by atomic mass is 10.2. The molecule has 1 amide bonds. The number of amides is 1. The minimum Gasteiger partial charge on any atom is -0.448 e. The van der Waals surface area contributed by atoms with Crippen LogP contribution in [-0.2, 0) is 24.3 Å². The first-order valence-electron chi connectivity index (χ1n) is 9.99. The summed E-state index contributed by atoms with van der Waals surface area (Å²) in [5, 5.41) is 9.92. The third-order valence-electron chi connectivity index (χ3n) is 5.05. The van der Waals surface area contributed by atoms with Crippen molar-refractivity contribution in [3.8, 4) is 0 Å². The Hall–Kier alpha value is -3.28. The van der Waals surface area contributed by atoms with Crippen molar-refractivity contribution in [2.45, 2.75) is 17.9 Å². The van der Waals surface area contributed by atoms with Gasteiger partial charge in [-0.1, -0.05) is 18.2 Å². The van der Waals surface area contributed by atoms with Crippen LogP contribution in [0.25, 0.3) is 10.9 Å². The van der Waals surface area contributed by atoms with Crippen molar-refractivity contribution in [1.29, 1.82) is 0 Å². The molecule has 1 aliphatic heterocycles. The monoisotopic (exact) mass is 458 g/mol. The number of anilines is 1. The number of nitrogens with zero attached hydrogens (tertiary/aromatic N) is 2. The van der Waals surface area contributed by atoms with E-state index in [-0.39, 0.29) is 10.6 Å². The van der Waals surface area contributed by atoms with Crippen molar-refractivity contribution in [3.05, 3.63) is 54.2 Å². The van der Waals surface area contributed by atoms with Gasteiger partial charge in [0.05, 0.1) is 23.6 Å². The second-order valence-electron chi connectivity index (χ2n) is 7.20. The van der Waals surface area contributed by atoms with Gasteiger partial charge in [0.1, 0.15) is 0 Å². The van der Waals surface area contributed by atoms with Crippen molar-refractivity contribution >= 4 is 38.5 Å². The lowest BCUT2D eigenvalue weighted by molar-refractivity contribution is -0.123. The number of ether oxygens (including phenoxy) is 2. The third kappa shape index (κ3) is 4.49. The van der Waals surface area contributed by atoms with Gasteiger partial charge in [0.2, 0.25) is 10.0 Å². The predicted octanol–water partition coefficient (Wildman–Crippen LogP) is 1.77. The Morgan fingerprint density at radius 3 is 2.53 bits per heavy atom. The Bertz CT molecular complexity index is 1230. The smallest absolute Gasteiger partial charge is 0.360 e. The first-order valence-corrected chi connectivity index (χ1v) is 11.4. The van der Waals surface area contributed by atoms with Crippen LogP contribution in [0.5, 0.6) is 0 Å². The number of benzene rings is 2. The van der Waals surface area contributed by atoms with Crippen LogP contribution in [0.3, 0.4) is 0 Å². The number of aromatic nitrogens is 2. The van der Waals surface area contributed by atoms with Gasteiger partial charge in [0.15, 0.2) is 11.8 Å². The second kappa shape index (κ2) is 9.07. The average molecular weight is 458 g/mol. The summed E-state index contributed by atoms with van der Waals surface area (Å²) in [6, 6.07) is 12.9. The largest absolute Gasteiger partial charge is 0.448 e. The van der Waals surface area contributed by atoms with Crippen LogP contribution in [0.4, 0.5) is 5.69 Å². The van der Waals surface area contributed by atoms with Crippen LogP contribution in [0.2, 0.25) is 0 Å². The zero-order valence-corrected chi connectivity index (χ0v) is 18.1. The number of sulfonamides is 1. The van der Waals surface area contributed by atoms with E-state index in [2.05, 4.69) is 15.5 Å². The highest BCUT2D eigenvalue weighted by Crippen LogP contribution is 2.20. The summed E-state index contributed by atoms with van der Waals surface area (Å²) in [5.41, 5.74) is 1.16. The topological polar surface area (TPSA) is 131 Å². The lowest BCUT2D eigenvalue weighted by Gasteiger charge is -2.26. The van der Waals surface area contributed by atoms with Crippen molar-refractivity contribution in [2.24, 2.45) is 0 Å². The van der Waals surface area contributed by atoms with E-state index in [1.807, 2.05) is 6.07 Å². The summed E-state index contributed by atoms with van der Waals surface area (Å²) in [6.45, 7) is 2.76. The Labute approximate surface area is 184 Å². The molecular formula is C21H22N4O6S. The number of aromatic amines is 1. The first kappa shape index (κ1) is 21.9. The van der Waals surface area contributed by atoms with Gasteiger partial charge < -0.3 is 14.8 Å². The molecule has 10 nitrogen and oxygen atoms in total. The molecule has 2 aromatic carbocycles. The zero-order valence-electron chi connectivity index (χ0n) is 17.3. The van der Waals surface area contributed by atoms with E-state index in [1.165, 1.54) is 35.5 Å². The number of nitrogens with one attached hydrogen (secondary N) is 2. The SMILES string of the molecule is C[C@@H](OC(=O)c1n[nH]c2ccccc12)C(=O)Nc1ccc(S(=O)(=O)N2CCOCC2)cc1. The molecule has 1 atom stereocenters. The number of morpholine rings is 1. The van der Waals surface area contributed by atoms with Gasteiger partial charge in [-0.3, -0.25) is 9.89 Å². The summed E-state index contributed by atoms with van der Waals surface area (Å²) in [7, 11) is -3.62. The molecule has 32 heavy (non-hydrogen) atoms. The highest BCUT2D eigenvalue weighted by molar-refractivity contribution is 7.89. The Kier molecular flexibility index (Phi) is 6.21. The summed E-state index contributed by atoms with van der Waals surface area (Å²) in [4.78, 5) is 25.0. The number of fused-ring (bicyclic) bond motifs is 1. The average Bonchev–Trinajstić information content (AvgIpc) is 3.24. The highest BCUT2D eigenvalue weighted by atomic mass is 32.2. The predicted molar refractivity (Wildman–Crippen MR) is 116 cm³/mol. The van der Waals surface area contributed by atoms with Gasteiger partial charge in [-0.25, -0.2) is 13.2 Å². The van der Waals surface area contributed by atoms with E-state index in [1.54, 1.807) is 18.2 Å². The fourth-order valence-corrected chi connectivity index (χ4v) is 4.69. The van der Waals surface area contributed by atoms with Crippen LogP contribution in [0, 0.1) is 0 Å². The van der Waals surface area contributed by atoms with Crippen LogP contribution in [0.15, 0.2) is 53.4 Å². The van der Waals surface area contributed by atoms with Gasteiger partial charge in [-0.2, -0.15) is 9.40 Å². The molecule has 2 heterocycles. The minimum atomic E-state index is -3.62. The highest BCUT2D eigenvalue weighted by Gasteiger charge is 2.26. The normalized spacial score (nSPS) is 15.9. The zero-order chi connectivity index (χ0) is 22.7. The van der Waals surface area contributed by atoms with Gasteiger partial charge >= 0.3 is 5.97 Å². The Morgan fingerprint density at radius 2 is 1.81 bits per heavy atom. The molecule has 0 spiro atoms. The number of para-hydroxylation sites is 1. The fraction of sp³-hybridized carbons (Fsp3) is 0.286. The fourth-order valence-electron chi connectivity index (χ4n) is 3.28. The van der Waals surface area contributed by atoms with Crippen molar-refractivity contribution in [3.63, 3.8) is 0 Å². The molecule has 1 saturated heterocycles. The van der Waals surface area contributed by atoms with Crippen LogP contribution in [-0.4, -0.2) is 67.2 Å². The maximum atomic E-state index is 12.7. The number of hydrogen-bond acceptors (Lipinski definition) is 7. The molecule has 2 N–H and O–H groups in total. The molecular weight excluding hydrogens is 436 g/mol. The van der Waals surface area contributed by atoms with E-state index in [9.17, 15) is 18.0 Å². The second-order valence-corrected chi connectivity index (χ2v) is 9.13. The molecule has 0 radical (unpaired) electrons. The number of H-pyrrole nitrogens is 1. The number of rotatable bonds is 6. The molecule has 11 heteroatoms. The van der Waals surface area contributed by atoms with E-state index < -0.39 is 28.0 Å². The number of carbonyl (C=O) groups is 2. The summed E-state index contributed by atoms with van der Waals surface area (Å²) in [6.07, 6.45) is -1.09. The molecule has 1 aromatic heterocycles. The minimum absolute atomic E-state index is 0.0953. The molecule has 1 fully saturated rings. The maximum Gasteiger partial charge on any atom is 0.360 e. The summed E-state index contributed by atoms with van der Waals surface area (Å²) in [5.74, 6) is -1.28. The van der Waals surface area contributed by atoms with E-state index in [0.717, 1.165) is 0 Å². The quantitative estimate of drug-likeness (QED) is 0.538. The van der Waals surface area contributed by atoms with Gasteiger partial charge in [0.25, 0.3) is 5.91 Å². The van der Waals surface area contributed by atoms with E-state index in [4.69, 9.17) is 9.47 Å². The number of esters is 1. The molecule has 0 saturated carbocycles. The number of hydrogen-bond donors (Lipinski definition) is 2. The third-order valence-corrected chi connectivity index (χ3v) is 6.96. The first-order chi connectivity index (χ1) is 15.4. The van der Waals surface area contributed by atoms with E-state index >= 15 is 0 Å². The Balaban J connectivity index is 1.38. The number of carbonyl (C=O) groups excluding carboxylic acids is 2. The van der Waals surface area contributed by atoms with Crippen molar-refractivity contribution < 1.29 is 27.5 Å². The summed E-state index contributed by atoms with van der Waals surface area (Å²) >= 11 is 0. The molecule has 168 valence electrons. The van der Waals surface area contributed by atoms with Crippen molar-refractivity contribution in [2.75, 3.05) is 31.6 Å². The summed E-state index contributed by atoms with van der Waals surface area (Å²) < 4.78 is 37.2. The lowest BCUT2D eigenvalue weighted by Crippen LogP contribution is -2.40. The van der Waals surface area contributed by atoms with E-state index in [0.29, 0.717) is 42.9 Å². The van der Waals surface area contributed by atoms with Crippen LogP contribution in [0.1, 0.15) is 17.4 Å². The molecule has 4 rings (SSSR count). The van der Waals surface area contributed by atoms with Crippen LogP contribution < -0.4 is 5.32 Å². The van der Waals surface area contributed by atoms with Crippen LogP contribution >= 0.6 is 0 Å². The molecule has 3 aromatic rings.